The highest BCUT2D eigenvalue weighted by Crippen LogP contribution is 2.29. The summed E-state index contributed by atoms with van der Waals surface area (Å²) in [6.45, 7) is 3.96. The van der Waals surface area contributed by atoms with Crippen LogP contribution in [-0.2, 0) is 11.4 Å². The van der Waals surface area contributed by atoms with E-state index in [1.807, 2.05) is 30.3 Å². The summed E-state index contributed by atoms with van der Waals surface area (Å²) < 4.78 is 6.48. The zero-order valence-electron chi connectivity index (χ0n) is 10.7. The first kappa shape index (κ1) is 14.3. The maximum absolute atomic E-state index is 11.1. The van der Waals surface area contributed by atoms with Crippen LogP contribution < -0.4 is 4.74 Å². The molecule has 102 valence electrons. The third kappa shape index (κ3) is 3.48. The highest BCUT2D eigenvalue weighted by atomic mass is 79.9. The lowest BCUT2D eigenvalue weighted by Gasteiger charge is -2.12. The van der Waals surface area contributed by atoms with Crippen molar-refractivity contribution in [1.29, 1.82) is 0 Å². The smallest absolute Gasteiger partial charge is 0.335 e. The molecule has 0 unspecified atom stereocenters. The Bertz CT molecular complexity index is 635. The summed E-state index contributed by atoms with van der Waals surface area (Å²) in [6, 6.07) is 14.9. The number of halogens is 1. The molecule has 0 bridgehead atoms. The molecule has 2 rings (SSSR count). The van der Waals surface area contributed by atoms with Crippen molar-refractivity contribution in [1.82, 2.24) is 0 Å². The van der Waals surface area contributed by atoms with Gasteiger partial charge in [-0.25, -0.2) is 4.79 Å². The van der Waals surface area contributed by atoms with E-state index in [2.05, 4.69) is 22.5 Å². The van der Waals surface area contributed by atoms with Gasteiger partial charge in [0.1, 0.15) is 12.4 Å². The molecule has 0 aliphatic carbocycles. The first-order valence-electron chi connectivity index (χ1n) is 5.97. The van der Waals surface area contributed by atoms with Crippen LogP contribution in [0.25, 0.3) is 5.57 Å². The van der Waals surface area contributed by atoms with E-state index in [1.54, 1.807) is 18.2 Å². The summed E-state index contributed by atoms with van der Waals surface area (Å²) in [7, 11) is 0. The molecule has 0 aliphatic rings. The zero-order chi connectivity index (χ0) is 14.5. The van der Waals surface area contributed by atoms with E-state index in [4.69, 9.17) is 9.84 Å². The predicted molar refractivity (Wildman–Crippen MR) is 81.6 cm³/mol. The SMILES string of the molecule is C=C(C(=O)O)c1cc(Br)ccc1OCc1ccccc1. The minimum absolute atomic E-state index is 0.00867. The lowest BCUT2D eigenvalue weighted by Crippen LogP contribution is -2.03. The average molecular weight is 333 g/mol. The normalized spacial score (nSPS) is 10.1. The monoisotopic (exact) mass is 332 g/mol. The number of ether oxygens (including phenoxy) is 1. The van der Waals surface area contributed by atoms with Crippen LogP contribution in [0.2, 0.25) is 0 Å². The fraction of sp³-hybridized carbons (Fsp3) is 0.0625. The third-order valence-corrected chi connectivity index (χ3v) is 3.26. The van der Waals surface area contributed by atoms with Gasteiger partial charge >= 0.3 is 5.97 Å². The molecule has 1 N–H and O–H groups in total. The van der Waals surface area contributed by atoms with Crippen LogP contribution in [0.3, 0.4) is 0 Å². The first-order chi connectivity index (χ1) is 9.58. The van der Waals surface area contributed by atoms with Crippen molar-refractivity contribution in [2.24, 2.45) is 0 Å². The van der Waals surface area contributed by atoms with Crippen LogP contribution in [0.5, 0.6) is 5.75 Å². The minimum Gasteiger partial charge on any atom is -0.488 e. The number of benzene rings is 2. The Morgan fingerprint density at radius 2 is 1.90 bits per heavy atom. The Hall–Kier alpha value is -2.07. The maximum atomic E-state index is 11.1. The summed E-state index contributed by atoms with van der Waals surface area (Å²) in [4.78, 5) is 11.1. The van der Waals surface area contributed by atoms with Gasteiger partial charge in [-0.2, -0.15) is 0 Å². The van der Waals surface area contributed by atoms with Gasteiger partial charge in [0, 0.05) is 10.0 Å². The van der Waals surface area contributed by atoms with Crippen LogP contribution in [0, 0.1) is 0 Å². The van der Waals surface area contributed by atoms with Gasteiger partial charge in [0.05, 0.1) is 5.57 Å². The standard InChI is InChI=1S/C16H13BrO3/c1-11(16(18)19)14-9-13(17)7-8-15(14)20-10-12-5-3-2-4-6-12/h2-9H,1,10H2,(H,18,19). The fourth-order valence-electron chi connectivity index (χ4n) is 1.71. The van der Waals surface area contributed by atoms with E-state index in [-0.39, 0.29) is 5.57 Å². The molecule has 0 radical (unpaired) electrons. The number of hydrogen-bond donors (Lipinski definition) is 1. The van der Waals surface area contributed by atoms with Crippen molar-refractivity contribution < 1.29 is 14.6 Å². The van der Waals surface area contributed by atoms with Crippen LogP contribution >= 0.6 is 15.9 Å². The molecule has 0 amide bonds. The highest BCUT2D eigenvalue weighted by molar-refractivity contribution is 9.10. The molecule has 4 heteroatoms. The van der Waals surface area contributed by atoms with Crippen LogP contribution in [0.1, 0.15) is 11.1 Å². The topological polar surface area (TPSA) is 46.5 Å². The summed E-state index contributed by atoms with van der Waals surface area (Å²) >= 11 is 3.32. The van der Waals surface area contributed by atoms with Gasteiger partial charge in [0.2, 0.25) is 0 Å². The molecule has 0 saturated carbocycles. The Morgan fingerprint density at radius 3 is 2.55 bits per heavy atom. The molecule has 20 heavy (non-hydrogen) atoms. The lowest BCUT2D eigenvalue weighted by atomic mass is 10.1. The average Bonchev–Trinajstić information content (AvgIpc) is 2.46. The summed E-state index contributed by atoms with van der Waals surface area (Å²) in [5, 5.41) is 9.07. The van der Waals surface area contributed by atoms with Gasteiger partial charge in [-0.3, -0.25) is 0 Å². The number of rotatable bonds is 5. The number of hydrogen-bond acceptors (Lipinski definition) is 2. The van der Waals surface area contributed by atoms with E-state index in [9.17, 15) is 4.79 Å². The molecule has 2 aromatic rings. The van der Waals surface area contributed by atoms with Gasteiger partial charge in [-0.15, -0.1) is 0 Å². The molecule has 0 atom stereocenters. The molecular formula is C16H13BrO3. The second-order valence-corrected chi connectivity index (χ2v) is 5.11. The van der Waals surface area contributed by atoms with Crippen molar-refractivity contribution in [2.45, 2.75) is 6.61 Å². The molecule has 0 fully saturated rings. The number of carboxylic acid groups (broad SMARTS) is 1. The molecule has 0 aromatic heterocycles. The molecule has 0 spiro atoms. The second kappa shape index (κ2) is 6.39. The zero-order valence-corrected chi connectivity index (χ0v) is 12.3. The highest BCUT2D eigenvalue weighted by Gasteiger charge is 2.14. The Balaban J connectivity index is 2.23. The van der Waals surface area contributed by atoms with Crippen molar-refractivity contribution >= 4 is 27.5 Å². The minimum atomic E-state index is -1.06. The van der Waals surface area contributed by atoms with Gasteiger partial charge in [-0.05, 0) is 23.8 Å². The molecule has 3 nitrogen and oxygen atoms in total. The molecule has 0 aliphatic heterocycles. The summed E-state index contributed by atoms with van der Waals surface area (Å²) in [5.74, 6) is -0.558. The Morgan fingerprint density at radius 1 is 1.20 bits per heavy atom. The van der Waals surface area contributed by atoms with Crippen molar-refractivity contribution in [3.63, 3.8) is 0 Å². The Labute approximate surface area is 125 Å². The molecule has 0 heterocycles. The number of carbonyl (C=O) groups is 1. The van der Waals surface area contributed by atoms with Crippen LogP contribution in [0.4, 0.5) is 0 Å². The molecule has 2 aromatic carbocycles. The second-order valence-electron chi connectivity index (χ2n) is 4.20. The maximum Gasteiger partial charge on any atom is 0.335 e. The van der Waals surface area contributed by atoms with Gasteiger partial charge in [0.25, 0.3) is 0 Å². The van der Waals surface area contributed by atoms with Gasteiger partial charge in [0.15, 0.2) is 0 Å². The van der Waals surface area contributed by atoms with Crippen molar-refractivity contribution in [3.05, 3.63) is 70.7 Å². The van der Waals surface area contributed by atoms with Crippen molar-refractivity contribution in [2.75, 3.05) is 0 Å². The number of carboxylic acids is 1. The fourth-order valence-corrected chi connectivity index (χ4v) is 2.08. The van der Waals surface area contributed by atoms with E-state index in [0.717, 1.165) is 10.0 Å². The van der Waals surface area contributed by atoms with Crippen molar-refractivity contribution in [3.8, 4) is 5.75 Å². The predicted octanol–water partition coefficient (Wildman–Crippen LogP) is 4.13. The summed E-state index contributed by atoms with van der Waals surface area (Å²) in [6.07, 6.45) is 0. The number of aliphatic carboxylic acids is 1. The van der Waals surface area contributed by atoms with E-state index in [1.165, 1.54) is 0 Å². The molecule has 0 saturated heterocycles. The largest absolute Gasteiger partial charge is 0.488 e. The van der Waals surface area contributed by atoms with Crippen LogP contribution in [-0.4, -0.2) is 11.1 Å². The van der Waals surface area contributed by atoms with E-state index in [0.29, 0.717) is 17.9 Å². The van der Waals surface area contributed by atoms with Gasteiger partial charge in [-0.1, -0.05) is 52.8 Å². The van der Waals surface area contributed by atoms with E-state index >= 15 is 0 Å². The van der Waals surface area contributed by atoms with Crippen LogP contribution in [0.15, 0.2) is 59.6 Å². The third-order valence-electron chi connectivity index (χ3n) is 2.76. The lowest BCUT2D eigenvalue weighted by molar-refractivity contribution is -0.130. The Kier molecular flexibility index (Phi) is 4.58. The first-order valence-corrected chi connectivity index (χ1v) is 6.76. The quantitative estimate of drug-likeness (QED) is 0.837. The van der Waals surface area contributed by atoms with E-state index < -0.39 is 5.97 Å². The van der Waals surface area contributed by atoms with Gasteiger partial charge < -0.3 is 9.84 Å². The molecular weight excluding hydrogens is 320 g/mol. The summed E-state index contributed by atoms with van der Waals surface area (Å²) in [5.41, 5.74) is 1.50.